The third kappa shape index (κ3) is 3.08. The molecule has 1 aromatic rings. The van der Waals surface area contributed by atoms with E-state index in [0.29, 0.717) is 32.1 Å². The summed E-state index contributed by atoms with van der Waals surface area (Å²) in [5, 5.41) is 12.7. The molecule has 1 aromatic heterocycles. The Morgan fingerprint density at radius 2 is 2.50 bits per heavy atom. The molecule has 2 N–H and O–H groups in total. The number of nitrogens with zero attached hydrogens (tertiary/aromatic N) is 2. The molecule has 1 saturated heterocycles. The molecule has 1 aliphatic rings. The summed E-state index contributed by atoms with van der Waals surface area (Å²) in [5.41, 5.74) is 0.726. The first kappa shape index (κ1) is 14.7. The number of nitrogens with one attached hydrogen (secondary N) is 1. The number of morpholine rings is 1. The Hall–Kier alpha value is -1.66. The molecule has 2 heterocycles. The van der Waals surface area contributed by atoms with Gasteiger partial charge in [0.1, 0.15) is 11.9 Å². The van der Waals surface area contributed by atoms with Gasteiger partial charge in [-0.1, -0.05) is 6.07 Å². The molecular formula is C14H21N3O3. The fourth-order valence-electron chi connectivity index (χ4n) is 2.34. The molecule has 0 aliphatic carbocycles. The van der Waals surface area contributed by atoms with E-state index in [4.69, 9.17) is 4.74 Å². The van der Waals surface area contributed by atoms with Gasteiger partial charge in [0.2, 0.25) is 5.91 Å². The van der Waals surface area contributed by atoms with E-state index in [1.807, 2.05) is 17.9 Å². The second-order valence-corrected chi connectivity index (χ2v) is 4.77. The molecule has 2 rings (SSSR count). The summed E-state index contributed by atoms with van der Waals surface area (Å²) in [6.45, 7) is 5.62. The van der Waals surface area contributed by atoms with Crippen LogP contribution < -0.4 is 10.2 Å². The Morgan fingerprint density at radius 3 is 3.20 bits per heavy atom. The fourth-order valence-corrected chi connectivity index (χ4v) is 2.34. The quantitative estimate of drug-likeness (QED) is 0.838. The summed E-state index contributed by atoms with van der Waals surface area (Å²) < 4.78 is 5.41. The smallest absolute Gasteiger partial charge is 0.245 e. The van der Waals surface area contributed by atoms with Crippen molar-refractivity contribution in [3.05, 3.63) is 23.9 Å². The van der Waals surface area contributed by atoms with Gasteiger partial charge in [0.15, 0.2) is 0 Å². The van der Waals surface area contributed by atoms with Crippen LogP contribution in [0.1, 0.15) is 25.5 Å². The maximum absolute atomic E-state index is 12.1. The lowest BCUT2D eigenvalue weighted by Crippen LogP contribution is -2.54. The van der Waals surface area contributed by atoms with Crippen molar-refractivity contribution in [3.63, 3.8) is 0 Å². The molecule has 1 unspecified atom stereocenters. The van der Waals surface area contributed by atoms with Crippen molar-refractivity contribution in [3.8, 4) is 0 Å². The van der Waals surface area contributed by atoms with Crippen LogP contribution in [0, 0.1) is 0 Å². The van der Waals surface area contributed by atoms with Crippen LogP contribution in [0.15, 0.2) is 18.3 Å². The maximum Gasteiger partial charge on any atom is 0.245 e. The van der Waals surface area contributed by atoms with E-state index in [2.05, 4.69) is 10.3 Å². The number of carbonyl (C=O) groups is 1. The number of ether oxygens (including phenoxy) is 1. The molecule has 0 saturated carbocycles. The number of rotatable bonds is 4. The van der Waals surface area contributed by atoms with Crippen molar-refractivity contribution in [1.29, 1.82) is 0 Å². The molecule has 1 amide bonds. The molecule has 1 aliphatic heterocycles. The highest BCUT2D eigenvalue weighted by Crippen LogP contribution is 2.26. The number of aliphatic hydroxyl groups excluding tert-OH is 1. The van der Waals surface area contributed by atoms with Crippen LogP contribution in [0.2, 0.25) is 0 Å². The van der Waals surface area contributed by atoms with Gasteiger partial charge < -0.3 is 20.1 Å². The molecule has 110 valence electrons. The Kier molecular flexibility index (Phi) is 4.92. The number of carbonyl (C=O) groups excluding carboxylic acids is 1. The second kappa shape index (κ2) is 6.67. The zero-order valence-corrected chi connectivity index (χ0v) is 11.9. The molecular weight excluding hydrogens is 258 g/mol. The van der Waals surface area contributed by atoms with Gasteiger partial charge >= 0.3 is 0 Å². The first-order chi connectivity index (χ1) is 9.65. The number of likely N-dealkylation sites (N-methyl/N-ethyl adjacent to an activating group) is 1. The van der Waals surface area contributed by atoms with Crippen LogP contribution in [-0.4, -0.2) is 48.3 Å². The van der Waals surface area contributed by atoms with Gasteiger partial charge in [-0.15, -0.1) is 0 Å². The minimum Gasteiger partial charge on any atom is -0.389 e. The largest absolute Gasteiger partial charge is 0.389 e. The summed E-state index contributed by atoms with van der Waals surface area (Å²) in [6.07, 6.45) is 1.04. The van der Waals surface area contributed by atoms with E-state index in [-0.39, 0.29) is 5.91 Å². The lowest BCUT2D eigenvalue weighted by molar-refractivity contribution is -0.124. The number of pyridine rings is 1. The summed E-state index contributed by atoms with van der Waals surface area (Å²) in [7, 11) is 0. The molecule has 6 heteroatoms. The Bertz CT molecular complexity index is 465. The van der Waals surface area contributed by atoms with Crippen LogP contribution in [0.5, 0.6) is 0 Å². The molecule has 2 atom stereocenters. The fraction of sp³-hybridized carbons (Fsp3) is 0.571. The predicted molar refractivity (Wildman–Crippen MR) is 75.5 cm³/mol. The van der Waals surface area contributed by atoms with Gasteiger partial charge in [0.05, 0.1) is 19.3 Å². The van der Waals surface area contributed by atoms with E-state index < -0.39 is 12.1 Å². The highest BCUT2D eigenvalue weighted by atomic mass is 16.5. The van der Waals surface area contributed by atoms with Crippen LogP contribution in [0.4, 0.5) is 5.82 Å². The summed E-state index contributed by atoms with van der Waals surface area (Å²) >= 11 is 0. The summed E-state index contributed by atoms with van der Waals surface area (Å²) in [4.78, 5) is 18.4. The van der Waals surface area contributed by atoms with Gasteiger partial charge in [-0.05, 0) is 19.9 Å². The first-order valence-electron chi connectivity index (χ1n) is 6.90. The van der Waals surface area contributed by atoms with E-state index in [9.17, 15) is 9.90 Å². The number of hydrogen-bond donors (Lipinski definition) is 2. The number of anilines is 1. The molecule has 0 aromatic carbocycles. The van der Waals surface area contributed by atoms with Crippen molar-refractivity contribution < 1.29 is 14.6 Å². The summed E-state index contributed by atoms with van der Waals surface area (Å²) in [5.74, 6) is 0.580. The molecule has 0 radical (unpaired) electrons. The van der Waals surface area contributed by atoms with E-state index in [1.165, 1.54) is 0 Å². The standard InChI is InChI=1S/C14H21N3O3/c1-3-15-14(19)12-9-20-8-7-17(12)13-11(10(2)18)5-4-6-16-13/h4-6,10,12,18H,3,7-9H2,1-2H3,(H,15,19)/t10-,12?/m1/s1. The SMILES string of the molecule is CCNC(=O)C1COCCN1c1ncccc1[C@@H](C)O. The van der Waals surface area contributed by atoms with Gasteiger partial charge in [0.25, 0.3) is 0 Å². The van der Waals surface area contributed by atoms with E-state index >= 15 is 0 Å². The van der Waals surface area contributed by atoms with Gasteiger partial charge in [-0.2, -0.15) is 0 Å². The van der Waals surface area contributed by atoms with Crippen LogP contribution in [0.25, 0.3) is 0 Å². The third-order valence-corrected chi connectivity index (χ3v) is 3.32. The first-order valence-corrected chi connectivity index (χ1v) is 6.90. The Balaban J connectivity index is 2.30. The van der Waals surface area contributed by atoms with Crippen molar-refractivity contribution in [2.75, 3.05) is 31.2 Å². The molecule has 6 nitrogen and oxygen atoms in total. The van der Waals surface area contributed by atoms with Crippen LogP contribution in [0.3, 0.4) is 0 Å². The zero-order valence-electron chi connectivity index (χ0n) is 11.9. The maximum atomic E-state index is 12.1. The van der Waals surface area contributed by atoms with Crippen LogP contribution >= 0.6 is 0 Å². The topological polar surface area (TPSA) is 74.7 Å². The molecule has 0 bridgehead atoms. The van der Waals surface area contributed by atoms with E-state index in [0.717, 1.165) is 5.56 Å². The summed E-state index contributed by atoms with van der Waals surface area (Å²) in [6, 6.07) is 3.21. The van der Waals surface area contributed by atoms with E-state index in [1.54, 1.807) is 19.2 Å². The Labute approximate surface area is 118 Å². The normalized spacial score (nSPS) is 20.6. The van der Waals surface area contributed by atoms with Gasteiger partial charge in [-0.25, -0.2) is 4.98 Å². The average molecular weight is 279 g/mol. The molecule has 0 spiro atoms. The van der Waals surface area contributed by atoms with Crippen molar-refractivity contribution >= 4 is 11.7 Å². The van der Waals surface area contributed by atoms with Crippen molar-refractivity contribution in [2.24, 2.45) is 0 Å². The number of aromatic nitrogens is 1. The lowest BCUT2D eigenvalue weighted by Gasteiger charge is -2.36. The van der Waals surface area contributed by atoms with Crippen LogP contribution in [-0.2, 0) is 9.53 Å². The highest BCUT2D eigenvalue weighted by molar-refractivity contribution is 5.85. The minimum absolute atomic E-state index is 0.0746. The average Bonchev–Trinajstić information content (AvgIpc) is 2.47. The van der Waals surface area contributed by atoms with Gasteiger partial charge in [-0.3, -0.25) is 4.79 Å². The minimum atomic E-state index is -0.628. The number of hydrogen-bond acceptors (Lipinski definition) is 5. The lowest BCUT2D eigenvalue weighted by atomic mass is 10.1. The molecule has 20 heavy (non-hydrogen) atoms. The second-order valence-electron chi connectivity index (χ2n) is 4.77. The van der Waals surface area contributed by atoms with Gasteiger partial charge in [0, 0.05) is 24.8 Å². The third-order valence-electron chi connectivity index (χ3n) is 3.32. The van der Waals surface area contributed by atoms with Crippen molar-refractivity contribution in [2.45, 2.75) is 26.0 Å². The monoisotopic (exact) mass is 279 g/mol. The highest BCUT2D eigenvalue weighted by Gasteiger charge is 2.31. The predicted octanol–water partition coefficient (Wildman–Crippen LogP) is 0.476. The molecule has 1 fully saturated rings. The van der Waals surface area contributed by atoms with Crippen molar-refractivity contribution in [1.82, 2.24) is 10.3 Å². The Morgan fingerprint density at radius 1 is 1.70 bits per heavy atom. The number of amides is 1. The zero-order chi connectivity index (χ0) is 14.5. The number of aliphatic hydroxyl groups is 1.